The van der Waals surface area contributed by atoms with E-state index >= 15 is 0 Å². The molecule has 0 spiro atoms. The van der Waals surface area contributed by atoms with Crippen LogP contribution in [0.4, 0.5) is 5.69 Å². The molecule has 3 rings (SSSR count). The number of anilines is 1. The molecule has 2 N–H and O–H groups in total. The van der Waals surface area contributed by atoms with Gasteiger partial charge in [-0.3, -0.25) is 4.79 Å². The largest absolute Gasteiger partial charge is 0.400 e. The van der Waals surface area contributed by atoms with Crippen LogP contribution in [-0.2, 0) is 4.79 Å². The molecule has 7 heteroatoms. The van der Waals surface area contributed by atoms with Crippen LogP contribution >= 0.6 is 23.2 Å². The molecule has 1 aromatic carbocycles. The highest BCUT2D eigenvalue weighted by atomic mass is 35.5. The molecule has 0 radical (unpaired) electrons. The molecule has 0 bridgehead atoms. The molecule has 0 atom stereocenters. The number of hydrogen-bond donors (Lipinski definition) is 1. The van der Waals surface area contributed by atoms with Crippen molar-refractivity contribution in [2.45, 2.75) is 19.3 Å². The van der Waals surface area contributed by atoms with E-state index in [4.69, 9.17) is 28.9 Å². The van der Waals surface area contributed by atoms with Crippen molar-refractivity contribution < 1.29 is 4.79 Å². The molecule has 2 aliphatic rings. The number of carbonyl (C=O) groups is 1. The van der Waals surface area contributed by atoms with Crippen molar-refractivity contribution in [3.05, 3.63) is 63.4 Å². The van der Waals surface area contributed by atoms with Crippen molar-refractivity contribution in [2.75, 3.05) is 38.8 Å². The minimum absolute atomic E-state index is 0.00598. The Hall–Kier alpha value is -2.11. The summed E-state index contributed by atoms with van der Waals surface area (Å²) in [5.41, 5.74) is 9.94. The summed E-state index contributed by atoms with van der Waals surface area (Å²) >= 11 is 12.5. The van der Waals surface area contributed by atoms with Crippen LogP contribution in [0.25, 0.3) is 0 Å². The molecule has 0 unspecified atom stereocenters. The molecule has 1 saturated heterocycles. The Bertz CT molecular complexity index is 845. The number of allylic oxidation sites excluding steroid dienone is 4. The number of hydrogen-bond acceptors (Lipinski definition) is 4. The van der Waals surface area contributed by atoms with Gasteiger partial charge in [-0.05, 0) is 24.6 Å². The second-order valence-electron chi connectivity index (χ2n) is 7.29. The minimum Gasteiger partial charge on any atom is -0.400 e. The molecule has 1 amide bonds. The molecule has 150 valence electrons. The Labute approximate surface area is 176 Å². The van der Waals surface area contributed by atoms with E-state index in [2.05, 4.69) is 9.80 Å². The lowest BCUT2D eigenvalue weighted by molar-refractivity contribution is -0.124. The van der Waals surface area contributed by atoms with Crippen molar-refractivity contribution in [1.82, 2.24) is 9.80 Å². The molecule has 1 fully saturated rings. The van der Waals surface area contributed by atoms with Gasteiger partial charge in [-0.25, -0.2) is 0 Å². The molecular formula is C21H26Cl2N4O. The van der Waals surface area contributed by atoms with E-state index in [0.29, 0.717) is 29.6 Å². The van der Waals surface area contributed by atoms with E-state index in [9.17, 15) is 4.79 Å². The number of likely N-dealkylation sites (N-methyl/N-ethyl adjacent to an activating group) is 1. The Morgan fingerprint density at radius 3 is 2.64 bits per heavy atom. The van der Waals surface area contributed by atoms with Gasteiger partial charge in [-0.2, -0.15) is 0 Å². The molecule has 28 heavy (non-hydrogen) atoms. The summed E-state index contributed by atoms with van der Waals surface area (Å²) in [5, 5.41) is 1.26. The zero-order chi connectivity index (χ0) is 20.3. The Morgan fingerprint density at radius 2 is 1.93 bits per heavy atom. The summed E-state index contributed by atoms with van der Waals surface area (Å²) in [7, 11) is 3.53. The molecule has 5 nitrogen and oxygen atoms in total. The average Bonchev–Trinajstić information content (AvgIpc) is 2.65. The van der Waals surface area contributed by atoms with Crippen molar-refractivity contribution in [1.29, 1.82) is 0 Å². The van der Waals surface area contributed by atoms with Gasteiger partial charge in [-0.15, -0.1) is 0 Å². The van der Waals surface area contributed by atoms with Gasteiger partial charge >= 0.3 is 0 Å². The topological polar surface area (TPSA) is 52.8 Å². The van der Waals surface area contributed by atoms with E-state index in [1.807, 2.05) is 30.4 Å². The first-order valence-corrected chi connectivity index (χ1v) is 10.1. The van der Waals surface area contributed by atoms with Crippen LogP contribution in [-0.4, -0.2) is 49.6 Å². The number of benzene rings is 1. The van der Waals surface area contributed by atoms with E-state index < -0.39 is 0 Å². The van der Waals surface area contributed by atoms with Crippen molar-refractivity contribution in [2.24, 2.45) is 5.73 Å². The molecule has 1 aliphatic carbocycles. The number of amides is 1. The van der Waals surface area contributed by atoms with Crippen LogP contribution in [0.1, 0.15) is 19.3 Å². The second-order valence-corrected chi connectivity index (χ2v) is 8.13. The molecule has 1 aromatic rings. The van der Waals surface area contributed by atoms with Gasteiger partial charge in [0, 0.05) is 62.0 Å². The Morgan fingerprint density at radius 1 is 1.18 bits per heavy atom. The number of nitrogens with two attached hydrogens (primary N) is 1. The minimum atomic E-state index is 0.00598. The lowest BCUT2D eigenvalue weighted by atomic mass is 10.0. The highest BCUT2D eigenvalue weighted by Gasteiger charge is 2.25. The Kier molecular flexibility index (Phi) is 6.57. The fourth-order valence-electron chi connectivity index (χ4n) is 3.55. The summed E-state index contributed by atoms with van der Waals surface area (Å²) in [6, 6.07) is 5.57. The van der Waals surface area contributed by atoms with Crippen LogP contribution in [0.5, 0.6) is 0 Å². The van der Waals surface area contributed by atoms with Crippen LogP contribution in [0.3, 0.4) is 0 Å². The maximum absolute atomic E-state index is 12.6. The molecular weight excluding hydrogens is 395 g/mol. The maximum Gasteiger partial charge on any atom is 0.249 e. The quantitative estimate of drug-likeness (QED) is 0.802. The third-order valence-corrected chi connectivity index (χ3v) is 5.55. The highest BCUT2D eigenvalue weighted by molar-refractivity contribution is 6.36. The predicted octanol–water partition coefficient (Wildman–Crippen LogP) is 4.00. The van der Waals surface area contributed by atoms with Gasteiger partial charge in [0.25, 0.3) is 0 Å². The first-order chi connectivity index (χ1) is 13.4. The number of carbonyl (C=O) groups excluding carboxylic acids is 1. The van der Waals surface area contributed by atoms with Gasteiger partial charge in [0.1, 0.15) is 0 Å². The van der Waals surface area contributed by atoms with Crippen molar-refractivity contribution in [3.8, 4) is 0 Å². The lowest BCUT2D eigenvalue weighted by Gasteiger charge is -2.40. The number of rotatable bonds is 3. The highest BCUT2D eigenvalue weighted by Crippen LogP contribution is 2.32. The smallest absolute Gasteiger partial charge is 0.249 e. The third kappa shape index (κ3) is 4.65. The zero-order valence-electron chi connectivity index (χ0n) is 16.3. The van der Waals surface area contributed by atoms with Gasteiger partial charge in [0.2, 0.25) is 5.91 Å². The van der Waals surface area contributed by atoms with Gasteiger partial charge in [-0.1, -0.05) is 41.4 Å². The van der Waals surface area contributed by atoms with Gasteiger partial charge in [0.15, 0.2) is 0 Å². The van der Waals surface area contributed by atoms with Gasteiger partial charge < -0.3 is 20.4 Å². The van der Waals surface area contributed by atoms with E-state index in [-0.39, 0.29) is 5.91 Å². The normalized spacial score (nSPS) is 23.5. The van der Waals surface area contributed by atoms with Crippen LogP contribution in [0.2, 0.25) is 10.0 Å². The average molecular weight is 421 g/mol. The summed E-state index contributed by atoms with van der Waals surface area (Å²) in [5.74, 6) is 0.00598. The lowest BCUT2D eigenvalue weighted by Crippen LogP contribution is -2.45. The standard InChI is InChI=1S/C21H26Cl2N4O/c1-25(2)21(28)15-6-3-4-7-18(24)20(12-15)27-11-5-10-26(14-27)19-9-8-16(22)13-17(19)23/h3-4,6,8-9,13H,5,7,10-12,14,24H2,1-2H3/b4-3-,15-6+,20-18-. The molecule has 0 aromatic heterocycles. The fourth-order valence-corrected chi connectivity index (χ4v) is 4.08. The predicted molar refractivity (Wildman–Crippen MR) is 116 cm³/mol. The summed E-state index contributed by atoms with van der Waals surface area (Å²) in [6.07, 6.45) is 7.98. The van der Waals surface area contributed by atoms with Crippen LogP contribution in [0.15, 0.2) is 53.4 Å². The SMILES string of the molecule is CN(C)C(=O)/C1=C/C=C\C/C(N)=C(/N2CCCN(c3ccc(Cl)cc3Cl)C2)C1. The molecule has 1 heterocycles. The molecule has 0 saturated carbocycles. The van der Waals surface area contributed by atoms with Crippen LogP contribution in [0, 0.1) is 0 Å². The van der Waals surface area contributed by atoms with E-state index in [1.54, 1.807) is 25.1 Å². The summed E-state index contributed by atoms with van der Waals surface area (Å²) < 4.78 is 0. The van der Waals surface area contributed by atoms with Crippen molar-refractivity contribution in [3.63, 3.8) is 0 Å². The van der Waals surface area contributed by atoms with Crippen molar-refractivity contribution >= 4 is 34.8 Å². The number of nitrogens with zero attached hydrogens (tertiary/aromatic N) is 3. The fraction of sp³-hybridized carbons (Fsp3) is 0.381. The molecule has 1 aliphatic heterocycles. The maximum atomic E-state index is 12.6. The third-order valence-electron chi connectivity index (χ3n) is 5.01. The first-order valence-electron chi connectivity index (χ1n) is 9.36. The zero-order valence-corrected chi connectivity index (χ0v) is 17.8. The van der Waals surface area contributed by atoms with Crippen LogP contribution < -0.4 is 10.6 Å². The summed E-state index contributed by atoms with van der Waals surface area (Å²) in [6.45, 7) is 2.47. The van der Waals surface area contributed by atoms with E-state index in [0.717, 1.165) is 42.2 Å². The second kappa shape index (κ2) is 8.93. The summed E-state index contributed by atoms with van der Waals surface area (Å²) in [4.78, 5) is 18.7. The first kappa shape index (κ1) is 20.6. The van der Waals surface area contributed by atoms with Gasteiger partial charge in [0.05, 0.1) is 17.4 Å². The Balaban J connectivity index is 1.85. The van der Waals surface area contributed by atoms with E-state index in [1.165, 1.54) is 0 Å². The number of halogens is 2. The monoisotopic (exact) mass is 420 g/mol.